The van der Waals surface area contributed by atoms with E-state index in [2.05, 4.69) is 10.6 Å². The number of para-hydroxylation sites is 2. The molecule has 0 saturated carbocycles. The van der Waals surface area contributed by atoms with Gasteiger partial charge in [0.1, 0.15) is 0 Å². The van der Waals surface area contributed by atoms with Gasteiger partial charge in [0.2, 0.25) is 0 Å². The SMILES string of the molecule is O=C1C=CNc2ccccc2[N]1. The number of carbonyl (C=O) groups is 1. The summed E-state index contributed by atoms with van der Waals surface area (Å²) in [4.78, 5) is 11.0. The smallest absolute Gasteiger partial charge is 0.271 e. The first-order chi connectivity index (χ1) is 5.86. The number of fused-ring (bicyclic) bond motifs is 1. The molecule has 0 unspecified atom stereocenters. The fraction of sp³-hybridized carbons (Fsp3) is 0. The van der Waals surface area contributed by atoms with Crippen molar-refractivity contribution in [3.05, 3.63) is 36.5 Å². The molecule has 1 heterocycles. The zero-order valence-electron chi connectivity index (χ0n) is 6.32. The van der Waals surface area contributed by atoms with Crippen molar-refractivity contribution in [1.82, 2.24) is 5.32 Å². The summed E-state index contributed by atoms with van der Waals surface area (Å²) >= 11 is 0. The maximum absolute atomic E-state index is 11.0. The summed E-state index contributed by atoms with van der Waals surface area (Å²) in [6, 6.07) is 7.42. The molecule has 2 rings (SSSR count). The molecule has 1 aliphatic rings. The average molecular weight is 159 g/mol. The van der Waals surface area contributed by atoms with Crippen LogP contribution in [0.5, 0.6) is 0 Å². The molecule has 3 nitrogen and oxygen atoms in total. The predicted molar refractivity (Wildman–Crippen MR) is 46.0 cm³/mol. The van der Waals surface area contributed by atoms with Crippen LogP contribution in [-0.2, 0) is 4.79 Å². The van der Waals surface area contributed by atoms with Crippen molar-refractivity contribution in [2.45, 2.75) is 0 Å². The quantitative estimate of drug-likeness (QED) is 0.621. The first-order valence-corrected chi connectivity index (χ1v) is 3.64. The van der Waals surface area contributed by atoms with E-state index in [9.17, 15) is 4.79 Å². The molecule has 0 aliphatic carbocycles. The van der Waals surface area contributed by atoms with Gasteiger partial charge < -0.3 is 5.32 Å². The van der Waals surface area contributed by atoms with E-state index in [0.717, 1.165) is 5.69 Å². The predicted octanol–water partition coefficient (Wildman–Crippen LogP) is 1.39. The highest BCUT2D eigenvalue weighted by Gasteiger charge is 2.07. The topological polar surface area (TPSA) is 43.2 Å². The summed E-state index contributed by atoms with van der Waals surface area (Å²) in [6.45, 7) is 0. The van der Waals surface area contributed by atoms with Gasteiger partial charge in [-0.15, -0.1) is 0 Å². The Labute approximate surface area is 70.1 Å². The zero-order valence-corrected chi connectivity index (χ0v) is 6.32. The fourth-order valence-electron chi connectivity index (χ4n) is 1.05. The lowest BCUT2D eigenvalue weighted by molar-refractivity contribution is -0.115. The lowest BCUT2D eigenvalue weighted by Gasteiger charge is -2.02. The van der Waals surface area contributed by atoms with E-state index in [1.165, 1.54) is 6.08 Å². The molecule has 0 atom stereocenters. The highest BCUT2D eigenvalue weighted by Crippen LogP contribution is 2.22. The molecule has 0 aromatic heterocycles. The molecular formula is C9H7N2O. The van der Waals surface area contributed by atoms with Gasteiger partial charge in [0.15, 0.2) is 0 Å². The number of hydrogen-bond acceptors (Lipinski definition) is 2. The molecule has 0 saturated heterocycles. The van der Waals surface area contributed by atoms with Crippen molar-refractivity contribution in [2.24, 2.45) is 0 Å². The van der Waals surface area contributed by atoms with Gasteiger partial charge in [0.05, 0.1) is 11.4 Å². The molecule has 1 N–H and O–H groups in total. The fourth-order valence-corrected chi connectivity index (χ4v) is 1.05. The Bertz CT molecular complexity index is 344. The summed E-state index contributed by atoms with van der Waals surface area (Å²) in [5, 5.41) is 6.81. The summed E-state index contributed by atoms with van der Waals surface area (Å²) in [5.41, 5.74) is 1.55. The Morgan fingerprint density at radius 2 is 2.08 bits per heavy atom. The molecule has 3 heteroatoms. The number of carbonyl (C=O) groups excluding carboxylic acids is 1. The number of nitrogens with zero attached hydrogens (tertiary/aromatic N) is 1. The number of nitrogens with one attached hydrogen (secondary N) is 1. The Morgan fingerprint density at radius 3 is 3.00 bits per heavy atom. The first kappa shape index (κ1) is 6.91. The minimum absolute atomic E-state index is 0.229. The third-order valence-electron chi connectivity index (χ3n) is 1.60. The van der Waals surface area contributed by atoms with Gasteiger partial charge in [-0.1, -0.05) is 12.1 Å². The van der Waals surface area contributed by atoms with Crippen LogP contribution in [0.15, 0.2) is 36.5 Å². The van der Waals surface area contributed by atoms with Crippen LogP contribution in [0.3, 0.4) is 0 Å². The third-order valence-corrected chi connectivity index (χ3v) is 1.60. The Kier molecular flexibility index (Phi) is 1.55. The normalized spacial score (nSPS) is 14.2. The molecule has 0 fully saturated rings. The second-order valence-electron chi connectivity index (χ2n) is 2.44. The van der Waals surface area contributed by atoms with Crippen LogP contribution >= 0.6 is 0 Å². The van der Waals surface area contributed by atoms with Gasteiger partial charge in [0, 0.05) is 12.3 Å². The van der Waals surface area contributed by atoms with Crippen LogP contribution in [0, 0.1) is 0 Å². The minimum Gasteiger partial charge on any atom is -0.360 e. The largest absolute Gasteiger partial charge is 0.360 e. The number of rotatable bonds is 0. The van der Waals surface area contributed by atoms with Gasteiger partial charge in [-0.3, -0.25) is 4.79 Å². The van der Waals surface area contributed by atoms with Crippen LogP contribution < -0.4 is 10.6 Å². The molecule has 1 amide bonds. The van der Waals surface area contributed by atoms with E-state index >= 15 is 0 Å². The van der Waals surface area contributed by atoms with Crippen LogP contribution in [0.2, 0.25) is 0 Å². The summed E-state index contributed by atoms with van der Waals surface area (Å²) in [5.74, 6) is -0.229. The summed E-state index contributed by atoms with van der Waals surface area (Å²) in [7, 11) is 0. The average Bonchev–Trinajstić information content (AvgIpc) is 2.25. The van der Waals surface area contributed by atoms with Crippen LogP contribution in [0.25, 0.3) is 0 Å². The van der Waals surface area contributed by atoms with E-state index < -0.39 is 0 Å². The summed E-state index contributed by atoms with van der Waals surface area (Å²) < 4.78 is 0. The van der Waals surface area contributed by atoms with Gasteiger partial charge in [-0.2, -0.15) is 0 Å². The second kappa shape index (κ2) is 2.70. The lowest BCUT2D eigenvalue weighted by atomic mass is 10.2. The van der Waals surface area contributed by atoms with Crippen molar-refractivity contribution in [1.29, 1.82) is 0 Å². The number of benzene rings is 1. The molecule has 0 spiro atoms. The van der Waals surface area contributed by atoms with E-state index in [0.29, 0.717) is 5.69 Å². The highest BCUT2D eigenvalue weighted by atomic mass is 16.1. The Balaban J connectivity index is 2.44. The van der Waals surface area contributed by atoms with Crippen molar-refractivity contribution >= 4 is 17.3 Å². The molecular weight excluding hydrogens is 152 g/mol. The zero-order chi connectivity index (χ0) is 8.39. The van der Waals surface area contributed by atoms with E-state index in [4.69, 9.17) is 0 Å². The van der Waals surface area contributed by atoms with Crippen LogP contribution in [-0.4, -0.2) is 5.91 Å². The van der Waals surface area contributed by atoms with Crippen LogP contribution in [0.1, 0.15) is 0 Å². The van der Waals surface area contributed by atoms with Crippen molar-refractivity contribution in [2.75, 3.05) is 5.32 Å². The van der Waals surface area contributed by atoms with Crippen molar-refractivity contribution in [3.63, 3.8) is 0 Å². The maximum Gasteiger partial charge on any atom is 0.271 e. The minimum atomic E-state index is -0.229. The third kappa shape index (κ3) is 1.16. The number of hydrogen-bond donors (Lipinski definition) is 1. The number of amides is 1. The van der Waals surface area contributed by atoms with Gasteiger partial charge in [-0.25, -0.2) is 5.32 Å². The summed E-state index contributed by atoms with van der Waals surface area (Å²) in [6.07, 6.45) is 3.00. The van der Waals surface area contributed by atoms with E-state index in [-0.39, 0.29) is 5.91 Å². The van der Waals surface area contributed by atoms with E-state index in [1.54, 1.807) is 12.3 Å². The molecule has 1 radical (unpaired) electrons. The highest BCUT2D eigenvalue weighted by molar-refractivity contribution is 5.94. The van der Waals surface area contributed by atoms with Gasteiger partial charge in [-0.05, 0) is 12.1 Å². The molecule has 0 bridgehead atoms. The second-order valence-corrected chi connectivity index (χ2v) is 2.44. The van der Waals surface area contributed by atoms with E-state index in [1.807, 2.05) is 18.2 Å². The monoisotopic (exact) mass is 159 g/mol. The van der Waals surface area contributed by atoms with Gasteiger partial charge >= 0.3 is 0 Å². The standard InChI is InChI=1S/C9H7N2O/c12-9-5-6-10-7-3-1-2-4-8(7)11-9/h1-6,10H. The first-order valence-electron chi connectivity index (χ1n) is 3.64. The number of anilines is 1. The Morgan fingerprint density at radius 1 is 1.25 bits per heavy atom. The molecule has 12 heavy (non-hydrogen) atoms. The van der Waals surface area contributed by atoms with Crippen molar-refractivity contribution < 1.29 is 4.79 Å². The lowest BCUT2D eigenvalue weighted by Crippen LogP contribution is -2.04. The maximum atomic E-state index is 11.0. The Hall–Kier alpha value is -1.77. The van der Waals surface area contributed by atoms with Crippen LogP contribution in [0.4, 0.5) is 11.4 Å². The van der Waals surface area contributed by atoms with Crippen molar-refractivity contribution in [3.8, 4) is 0 Å². The van der Waals surface area contributed by atoms with Gasteiger partial charge in [0.25, 0.3) is 5.91 Å². The molecule has 59 valence electrons. The molecule has 1 aromatic rings. The molecule has 1 aliphatic heterocycles. The molecule has 1 aromatic carbocycles.